The maximum absolute atomic E-state index is 10.8. The van der Waals surface area contributed by atoms with Crippen molar-refractivity contribution in [3.05, 3.63) is 11.3 Å². The van der Waals surface area contributed by atoms with Crippen LogP contribution in [0.5, 0.6) is 0 Å². The summed E-state index contributed by atoms with van der Waals surface area (Å²) in [6.07, 6.45) is 0.781. The third-order valence-electron chi connectivity index (χ3n) is 2.28. The number of carboxylic acid groups (broad SMARTS) is 1. The van der Waals surface area contributed by atoms with Gasteiger partial charge >= 0.3 is 5.97 Å². The summed E-state index contributed by atoms with van der Waals surface area (Å²) in [5, 5.41) is 21.5. The van der Waals surface area contributed by atoms with Gasteiger partial charge in [-0.1, -0.05) is 0 Å². The first-order valence-corrected chi connectivity index (χ1v) is 5.11. The molecule has 92 valence electrons. The normalized spacial score (nSPS) is 10.5. The topological polar surface area (TPSA) is 108 Å². The van der Waals surface area contributed by atoms with E-state index >= 15 is 0 Å². The van der Waals surface area contributed by atoms with E-state index in [9.17, 15) is 4.79 Å². The Morgan fingerprint density at radius 1 is 1.65 bits per heavy atom. The molecule has 0 fully saturated rings. The Kier molecular flexibility index (Phi) is 4.06. The molecule has 3 N–H and O–H groups in total. The van der Waals surface area contributed by atoms with Gasteiger partial charge in [0.1, 0.15) is 17.5 Å². The maximum atomic E-state index is 10.8. The molecule has 7 nitrogen and oxygen atoms in total. The van der Waals surface area contributed by atoms with Crippen molar-refractivity contribution in [2.45, 2.75) is 13.0 Å². The van der Waals surface area contributed by atoms with Crippen LogP contribution in [0.4, 0.5) is 5.82 Å². The van der Waals surface area contributed by atoms with Crippen molar-refractivity contribution in [2.75, 3.05) is 26.4 Å². The number of nitrogens with zero attached hydrogens (tertiary/aromatic N) is 4. The number of aromatic carboxylic acids is 1. The highest BCUT2D eigenvalue weighted by Gasteiger charge is 2.20. The number of nitriles is 1. The second-order valence-electron chi connectivity index (χ2n) is 3.91. The predicted molar refractivity (Wildman–Crippen MR) is 61.5 cm³/mol. The minimum Gasteiger partial charge on any atom is -0.476 e. The molecule has 17 heavy (non-hydrogen) atoms. The highest BCUT2D eigenvalue weighted by Crippen LogP contribution is 2.16. The zero-order valence-electron chi connectivity index (χ0n) is 9.84. The van der Waals surface area contributed by atoms with Crippen molar-refractivity contribution in [1.29, 1.82) is 5.26 Å². The maximum Gasteiger partial charge on any atom is 0.357 e. The van der Waals surface area contributed by atoms with Gasteiger partial charge in [-0.05, 0) is 27.1 Å². The number of hydrogen-bond acceptors (Lipinski definition) is 5. The number of nitrogen functional groups attached to an aromatic ring is 1. The summed E-state index contributed by atoms with van der Waals surface area (Å²) in [5.41, 5.74) is 5.32. The Labute approximate surface area is 99.0 Å². The molecule has 0 aromatic carbocycles. The summed E-state index contributed by atoms with van der Waals surface area (Å²) in [4.78, 5) is 12.8. The van der Waals surface area contributed by atoms with E-state index in [0.29, 0.717) is 6.54 Å². The molecule has 0 aliphatic rings. The van der Waals surface area contributed by atoms with E-state index in [0.717, 1.165) is 13.0 Å². The zero-order chi connectivity index (χ0) is 13.0. The van der Waals surface area contributed by atoms with Crippen LogP contribution in [0.3, 0.4) is 0 Å². The number of carboxylic acids is 1. The number of aryl methyl sites for hydroxylation is 1. The van der Waals surface area contributed by atoms with Gasteiger partial charge in [-0.2, -0.15) is 10.4 Å². The minimum atomic E-state index is -1.24. The van der Waals surface area contributed by atoms with Crippen LogP contribution >= 0.6 is 0 Å². The van der Waals surface area contributed by atoms with Gasteiger partial charge in [0.15, 0.2) is 5.69 Å². The third kappa shape index (κ3) is 2.95. The Morgan fingerprint density at radius 2 is 2.29 bits per heavy atom. The van der Waals surface area contributed by atoms with Crippen LogP contribution in [0.25, 0.3) is 0 Å². The second kappa shape index (κ2) is 5.32. The number of anilines is 1. The van der Waals surface area contributed by atoms with Crippen LogP contribution in [0.2, 0.25) is 0 Å². The number of nitrogens with two attached hydrogens (primary N) is 1. The van der Waals surface area contributed by atoms with Gasteiger partial charge in [0.05, 0.1) is 0 Å². The van der Waals surface area contributed by atoms with Gasteiger partial charge in [0, 0.05) is 6.54 Å². The van der Waals surface area contributed by atoms with Crippen molar-refractivity contribution in [1.82, 2.24) is 14.7 Å². The van der Waals surface area contributed by atoms with Crippen molar-refractivity contribution in [3.63, 3.8) is 0 Å². The largest absolute Gasteiger partial charge is 0.476 e. The van der Waals surface area contributed by atoms with E-state index < -0.39 is 5.97 Å². The van der Waals surface area contributed by atoms with Crippen molar-refractivity contribution in [2.24, 2.45) is 0 Å². The molecule has 0 saturated heterocycles. The van der Waals surface area contributed by atoms with Gasteiger partial charge in [0.25, 0.3) is 0 Å². The lowest BCUT2D eigenvalue weighted by Crippen LogP contribution is -2.16. The fourth-order valence-electron chi connectivity index (χ4n) is 1.44. The second-order valence-corrected chi connectivity index (χ2v) is 3.91. The number of aromatic nitrogens is 2. The van der Waals surface area contributed by atoms with Gasteiger partial charge < -0.3 is 15.7 Å². The number of carbonyl (C=O) groups is 1. The average Bonchev–Trinajstić information content (AvgIpc) is 2.55. The number of hydrogen-bond donors (Lipinski definition) is 2. The first-order chi connectivity index (χ1) is 7.97. The van der Waals surface area contributed by atoms with Gasteiger partial charge in [0.2, 0.25) is 0 Å². The summed E-state index contributed by atoms with van der Waals surface area (Å²) in [6, 6.07) is 1.77. The highest BCUT2D eigenvalue weighted by molar-refractivity contribution is 5.90. The minimum absolute atomic E-state index is 0.0673. The quantitative estimate of drug-likeness (QED) is 0.745. The summed E-state index contributed by atoms with van der Waals surface area (Å²) in [5.74, 6) is -1.12. The van der Waals surface area contributed by atoms with Crippen LogP contribution in [-0.4, -0.2) is 46.4 Å². The van der Waals surface area contributed by atoms with Crippen molar-refractivity contribution >= 4 is 11.8 Å². The van der Waals surface area contributed by atoms with Crippen molar-refractivity contribution in [3.8, 4) is 6.07 Å². The van der Waals surface area contributed by atoms with E-state index in [1.807, 2.05) is 19.0 Å². The Hall–Kier alpha value is -2.07. The molecule has 0 saturated carbocycles. The van der Waals surface area contributed by atoms with Gasteiger partial charge in [-0.25, -0.2) is 9.48 Å². The molecular formula is C10H15N5O2. The molecule has 0 aliphatic heterocycles. The molecule has 1 aromatic rings. The summed E-state index contributed by atoms with van der Waals surface area (Å²) < 4.78 is 1.37. The molecule has 0 radical (unpaired) electrons. The first kappa shape index (κ1) is 13.0. The summed E-state index contributed by atoms with van der Waals surface area (Å²) >= 11 is 0. The van der Waals surface area contributed by atoms with Gasteiger partial charge in [-0.15, -0.1) is 0 Å². The van der Waals surface area contributed by atoms with Crippen LogP contribution in [-0.2, 0) is 6.54 Å². The standard InChI is InChI=1S/C10H15N5O2/c1-14(2)4-3-5-15-9(12)7(6-11)8(13-15)10(16)17/h3-5,12H2,1-2H3,(H,16,17). The van der Waals surface area contributed by atoms with E-state index in [1.54, 1.807) is 6.07 Å². The third-order valence-corrected chi connectivity index (χ3v) is 2.28. The fourth-order valence-corrected chi connectivity index (χ4v) is 1.44. The summed E-state index contributed by atoms with van der Waals surface area (Å²) in [7, 11) is 3.88. The SMILES string of the molecule is CN(C)CCCn1nc(C(=O)O)c(C#N)c1N. The highest BCUT2D eigenvalue weighted by atomic mass is 16.4. The first-order valence-electron chi connectivity index (χ1n) is 5.11. The fraction of sp³-hybridized carbons (Fsp3) is 0.500. The lowest BCUT2D eigenvalue weighted by molar-refractivity contribution is 0.0689. The molecule has 7 heteroatoms. The zero-order valence-corrected chi connectivity index (χ0v) is 9.84. The number of rotatable bonds is 5. The molecular weight excluding hydrogens is 222 g/mol. The van der Waals surface area contributed by atoms with E-state index in [1.165, 1.54) is 4.68 Å². The van der Waals surface area contributed by atoms with Crippen LogP contribution in [0.1, 0.15) is 22.5 Å². The van der Waals surface area contributed by atoms with Crippen molar-refractivity contribution < 1.29 is 9.90 Å². The molecule has 0 spiro atoms. The van der Waals surface area contributed by atoms with E-state index in [-0.39, 0.29) is 17.1 Å². The molecule has 0 atom stereocenters. The van der Waals surface area contributed by atoms with Gasteiger partial charge in [-0.3, -0.25) is 0 Å². The Bertz CT molecular complexity index is 458. The lowest BCUT2D eigenvalue weighted by Gasteiger charge is -2.09. The van der Waals surface area contributed by atoms with E-state index in [2.05, 4.69) is 5.10 Å². The van der Waals surface area contributed by atoms with Crippen LogP contribution in [0.15, 0.2) is 0 Å². The Morgan fingerprint density at radius 3 is 2.71 bits per heavy atom. The monoisotopic (exact) mass is 237 g/mol. The van der Waals surface area contributed by atoms with E-state index in [4.69, 9.17) is 16.1 Å². The molecule has 0 amide bonds. The molecule has 0 bridgehead atoms. The molecule has 1 rings (SSSR count). The molecule has 1 aromatic heterocycles. The smallest absolute Gasteiger partial charge is 0.357 e. The Balaban J connectivity index is 2.88. The lowest BCUT2D eigenvalue weighted by atomic mass is 10.2. The van der Waals surface area contributed by atoms with Crippen LogP contribution in [0, 0.1) is 11.3 Å². The molecule has 0 unspecified atom stereocenters. The molecule has 1 heterocycles. The average molecular weight is 237 g/mol. The summed E-state index contributed by atoms with van der Waals surface area (Å²) in [6.45, 7) is 1.33. The predicted octanol–water partition coefficient (Wildman–Crippen LogP) is -0.0131. The molecule has 0 aliphatic carbocycles. The van der Waals surface area contributed by atoms with Crippen LogP contribution < -0.4 is 5.73 Å².